The Morgan fingerprint density at radius 3 is 1.39 bits per heavy atom. The second-order valence-corrected chi connectivity index (χ2v) is 8.13. The fourth-order valence-corrected chi connectivity index (χ4v) is 1.46. The molecule has 0 atom stereocenters. The van der Waals surface area contributed by atoms with Crippen LogP contribution in [0.1, 0.15) is 80.6 Å². The van der Waals surface area contributed by atoms with E-state index in [4.69, 9.17) is 0 Å². The highest BCUT2D eigenvalue weighted by molar-refractivity contribution is 4.62. The number of hydrogen-bond donors (Lipinski definition) is 0. The Morgan fingerprint density at radius 1 is 0.722 bits per heavy atom. The van der Waals surface area contributed by atoms with E-state index in [9.17, 15) is 0 Å². The van der Waals surface area contributed by atoms with Crippen LogP contribution in [0.4, 0.5) is 0 Å². The minimum absolute atomic E-state index is 0.490. The summed E-state index contributed by atoms with van der Waals surface area (Å²) in [6, 6.07) is 0. The van der Waals surface area contributed by atoms with Crippen LogP contribution in [0.3, 0.4) is 0 Å². The van der Waals surface area contributed by atoms with Crippen LogP contribution < -0.4 is 0 Å². The smallest absolute Gasteiger partial charge is 0.00198 e. The average Bonchev–Trinajstić information content (AvgIpc) is 2.13. The molecular weight excluding hydrogens is 218 g/mol. The molecule has 0 amide bonds. The highest BCUT2D eigenvalue weighted by Crippen LogP contribution is 2.21. The predicted octanol–water partition coefficient (Wildman–Crippen LogP) is 5.60. The lowest BCUT2D eigenvalue weighted by Gasteiger charge is -2.20. The Bertz CT molecular complexity index is 169. The molecule has 0 bridgehead atoms. The molecule has 0 fully saturated rings. The summed E-state index contributed by atoms with van der Waals surface area (Å²) in [5.74, 6) is 0. The van der Waals surface area contributed by atoms with E-state index in [0.29, 0.717) is 10.8 Å². The SMILES string of the molecule is CCCCCC(C)(C)C.CN(C)CCC(C)(C)C. The molecule has 0 aromatic rings. The zero-order chi connectivity index (χ0) is 14.8. The van der Waals surface area contributed by atoms with Crippen LogP contribution in [0.25, 0.3) is 0 Å². The monoisotopic (exact) mass is 257 g/mol. The Labute approximate surface area is 117 Å². The first kappa shape index (κ1) is 20.3. The summed E-state index contributed by atoms with van der Waals surface area (Å²) in [5, 5.41) is 0. The zero-order valence-electron chi connectivity index (χ0n) is 14.7. The van der Waals surface area contributed by atoms with Gasteiger partial charge in [-0.05, 0) is 44.3 Å². The molecule has 0 rings (SSSR count). The van der Waals surface area contributed by atoms with Crippen molar-refractivity contribution in [2.24, 2.45) is 10.8 Å². The summed E-state index contributed by atoms with van der Waals surface area (Å²) >= 11 is 0. The molecule has 18 heavy (non-hydrogen) atoms. The Balaban J connectivity index is 0. The van der Waals surface area contributed by atoms with Gasteiger partial charge in [-0.15, -0.1) is 0 Å². The van der Waals surface area contributed by atoms with Gasteiger partial charge in [0.2, 0.25) is 0 Å². The van der Waals surface area contributed by atoms with E-state index in [0.717, 1.165) is 0 Å². The van der Waals surface area contributed by atoms with Crippen LogP contribution >= 0.6 is 0 Å². The molecular formula is C17H39N. The van der Waals surface area contributed by atoms with Crippen LogP contribution in [-0.2, 0) is 0 Å². The van der Waals surface area contributed by atoms with Crippen molar-refractivity contribution in [3.8, 4) is 0 Å². The van der Waals surface area contributed by atoms with E-state index in [1.165, 1.54) is 38.6 Å². The molecule has 0 aromatic heterocycles. The molecule has 0 spiro atoms. The number of rotatable bonds is 5. The standard InChI is InChI=1S/C9H20.C8H19N/c1-5-6-7-8-9(2,3)4;1-8(2,3)6-7-9(4)5/h5-8H2,1-4H3;6-7H2,1-5H3. The maximum Gasteiger partial charge on any atom is -0.00198 e. The molecule has 1 nitrogen and oxygen atoms in total. The quantitative estimate of drug-likeness (QED) is 0.580. The van der Waals surface area contributed by atoms with E-state index >= 15 is 0 Å². The van der Waals surface area contributed by atoms with Gasteiger partial charge in [-0.3, -0.25) is 0 Å². The average molecular weight is 258 g/mol. The van der Waals surface area contributed by atoms with Gasteiger partial charge in [-0.25, -0.2) is 0 Å². The highest BCUT2D eigenvalue weighted by atomic mass is 15.0. The summed E-state index contributed by atoms with van der Waals surface area (Å²) in [6.07, 6.45) is 6.80. The Hall–Kier alpha value is -0.0400. The molecule has 0 aliphatic carbocycles. The van der Waals surface area contributed by atoms with E-state index in [1.807, 2.05) is 0 Å². The van der Waals surface area contributed by atoms with Crippen molar-refractivity contribution in [3.63, 3.8) is 0 Å². The Kier molecular flexibility index (Phi) is 11.1. The fourth-order valence-electron chi connectivity index (χ4n) is 1.46. The first-order valence-electron chi connectivity index (χ1n) is 7.62. The summed E-state index contributed by atoms with van der Waals surface area (Å²) in [6.45, 7) is 17.2. The van der Waals surface area contributed by atoms with Crippen molar-refractivity contribution in [1.29, 1.82) is 0 Å². The molecule has 0 saturated carbocycles. The summed E-state index contributed by atoms with van der Waals surface area (Å²) in [7, 11) is 4.23. The van der Waals surface area contributed by atoms with Crippen molar-refractivity contribution in [2.45, 2.75) is 80.6 Å². The third-order valence-corrected chi connectivity index (χ3v) is 2.84. The summed E-state index contributed by atoms with van der Waals surface area (Å²) < 4.78 is 0. The summed E-state index contributed by atoms with van der Waals surface area (Å²) in [4.78, 5) is 2.23. The minimum Gasteiger partial charge on any atom is -0.309 e. The van der Waals surface area contributed by atoms with Crippen molar-refractivity contribution in [2.75, 3.05) is 20.6 Å². The van der Waals surface area contributed by atoms with E-state index < -0.39 is 0 Å². The zero-order valence-corrected chi connectivity index (χ0v) is 14.7. The first-order valence-corrected chi connectivity index (χ1v) is 7.62. The second-order valence-electron chi connectivity index (χ2n) is 8.13. The van der Waals surface area contributed by atoms with Crippen molar-refractivity contribution in [1.82, 2.24) is 4.90 Å². The van der Waals surface area contributed by atoms with Crippen molar-refractivity contribution >= 4 is 0 Å². The number of nitrogens with zero attached hydrogens (tertiary/aromatic N) is 1. The van der Waals surface area contributed by atoms with Crippen molar-refractivity contribution in [3.05, 3.63) is 0 Å². The topological polar surface area (TPSA) is 3.24 Å². The first-order chi connectivity index (χ1) is 7.98. The highest BCUT2D eigenvalue weighted by Gasteiger charge is 2.09. The van der Waals surface area contributed by atoms with Crippen LogP contribution in [0.5, 0.6) is 0 Å². The van der Waals surface area contributed by atoms with Crippen molar-refractivity contribution < 1.29 is 0 Å². The van der Waals surface area contributed by atoms with E-state index in [1.54, 1.807) is 0 Å². The molecule has 0 saturated heterocycles. The van der Waals surface area contributed by atoms with Gasteiger partial charge in [0.1, 0.15) is 0 Å². The normalized spacial score (nSPS) is 12.3. The maximum absolute atomic E-state index is 2.31. The lowest BCUT2D eigenvalue weighted by molar-refractivity contribution is 0.297. The third-order valence-electron chi connectivity index (χ3n) is 2.84. The van der Waals surface area contributed by atoms with Gasteiger partial charge in [0.05, 0.1) is 0 Å². The minimum atomic E-state index is 0.490. The number of unbranched alkanes of at least 4 members (excludes halogenated alkanes) is 2. The number of hydrogen-bond acceptors (Lipinski definition) is 1. The van der Waals surface area contributed by atoms with Crippen LogP contribution in [-0.4, -0.2) is 25.5 Å². The molecule has 0 aromatic carbocycles. The van der Waals surface area contributed by atoms with Gasteiger partial charge in [-0.1, -0.05) is 67.7 Å². The lowest BCUT2D eigenvalue weighted by Crippen LogP contribution is -2.19. The van der Waals surface area contributed by atoms with Crippen LogP contribution in [0.15, 0.2) is 0 Å². The lowest BCUT2D eigenvalue weighted by atomic mass is 9.90. The molecule has 0 radical (unpaired) electrons. The summed E-state index contributed by atoms with van der Waals surface area (Å²) in [5.41, 5.74) is 1.04. The van der Waals surface area contributed by atoms with Gasteiger partial charge in [0.25, 0.3) is 0 Å². The van der Waals surface area contributed by atoms with Crippen LogP contribution in [0, 0.1) is 10.8 Å². The fraction of sp³-hybridized carbons (Fsp3) is 1.00. The van der Waals surface area contributed by atoms with Gasteiger partial charge >= 0.3 is 0 Å². The second kappa shape index (κ2) is 9.83. The Morgan fingerprint density at radius 2 is 1.17 bits per heavy atom. The molecule has 0 unspecified atom stereocenters. The van der Waals surface area contributed by atoms with Gasteiger partial charge < -0.3 is 4.90 Å². The molecule has 0 aliphatic heterocycles. The van der Waals surface area contributed by atoms with Gasteiger partial charge in [0, 0.05) is 0 Å². The molecule has 1 heteroatoms. The third kappa shape index (κ3) is 25.0. The molecule has 0 aliphatic rings. The molecule has 0 N–H and O–H groups in total. The molecule has 0 heterocycles. The predicted molar refractivity (Wildman–Crippen MR) is 86.2 cm³/mol. The van der Waals surface area contributed by atoms with Crippen LogP contribution in [0.2, 0.25) is 0 Å². The van der Waals surface area contributed by atoms with E-state index in [-0.39, 0.29) is 0 Å². The van der Waals surface area contributed by atoms with Gasteiger partial charge in [-0.2, -0.15) is 0 Å². The molecule has 112 valence electrons. The van der Waals surface area contributed by atoms with E-state index in [2.05, 4.69) is 67.5 Å². The van der Waals surface area contributed by atoms with Gasteiger partial charge in [0.15, 0.2) is 0 Å². The largest absolute Gasteiger partial charge is 0.309 e. The maximum atomic E-state index is 2.31.